The standard InChI is InChI=1S/C18H30N2O3/c1-3-4-5-6-7-8-9-14-10-15(20-13(2)19-14)17-11-16(22)18(12-21)23-17/h10,16-18,21-22H,3-9,11-12H2,1-2H3/t16-,17+,18+/m0/s1. The van der Waals surface area contributed by atoms with Crippen LogP contribution in [0, 0.1) is 6.92 Å². The van der Waals surface area contributed by atoms with Gasteiger partial charge in [-0.05, 0) is 25.8 Å². The molecule has 130 valence electrons. The van der Waals surface area contributed by atoms with Crippen LogP contribution in [0.2, 0.25) is 0 Å². The first-order valence-electron chi connectivity index (χ1n) is 8.93. The number of aryl methyl sites for hydroxylation is 2. The number of rotatable bonds is 9. The van der Waals surface area contributed by atoms with Gasteiger partial charge in [0.1, 0.15) is 18.0 Å². The molecule has 5 heteroatoms. The molecule has 2 N–H and O–H groups in total. The maximum absolute atomic E-state index is 9.88. The minimum Gasteiger partial charge on any atom is -0.394 e. The monoisotopic (exact) mass is 322 g/mol. The second-order valence-corrected chi connectivity index (χ2v) is 6.50. The smallest absolute Gasteiger partial charge is 0.125 e. The largest absolute Gasteiger partial charge is 0.394 e. The van der Waals surface area contributed by atoms with Crippen LogP contribution >= 0.6 is 0 Å². The van der Waals surface area contributed by atoms with Gasteiger partial charge in [0.2, 0.25) is 0 Å². The number of hydrogen-bond acceptors (Lipinski definition) is 5. The minimum absolute atomic E-state index is 0.160. The topological polar surface area (TPSA) is 75.5 Å². The fraction of sp³-hybridized carbons (Fsp3) is 0.778. The van der Waals surface area contributed by atoms with E-state index in [9.17, 15) is 10.2 Å². The van der Waals surface area contributed by atoms with Gasteiger partial charge in [-0.25, -0.2) is 9.97 Å². The third-order valence-electron chi connectivity index (χ3n) is 4.43. The summed E-state index contributed by atoms with van der Waals surface area (Å²) in [5.41, 5.74) is 1.88. The second-order valence-electron chi connectivity index (χ2n) is 6.50. The molecule has 1 fully saturated rings. The molecule has 2 heterocycles. The first-order chi connectivity index (χ1) is 11.1. The highest BCUT2D eigenvalue weighted by atomic mass is 16.5. The predicted octanol–water partition coefficient (Wildman–Crippen LogP) is 2.87. The fourth-order valence-corrected chi connectivity index (χ4v) is 3.12. The van der Waals surface area contributed by atoms with Gasteiger partial charge in [-0.1, -0.05) is 39.0 Å². The fourth-order valence-electron chi connectivity index (χ4n) is 3.12. The molecule has 1 saturated heterocycles. The molecule has 3 atom stereocenters. The quantitative estimate of drug-likeness (QED) is 0.684. The number of aromatic nitrogens is 2. The molecule has 5 nitrogen and oxygen atoms in total. The van der Waals surface area contributed by atoms with E-state index in [2.05, 4.69) is 16.9 Å². The summed E-state index contributed by atoms with van der Waals surface area (Å²) >= 11 is 0. The summed E-state index contributed by atoms with van der Waals surface area (Å²) in [5, 5.41) is 19.1. The molecule has 0 amide bonds. The van der Waals surface area contributed by atoms with Crippen LogP contribution in [0.5, 0.6) is 0 Å². The van der Waals surface area contributed by atoms with Crippen LogP contribution in [0.1, 0.15) is 75.2 Å². The van der Waals surface area contributed by atoms with E-state index in [1.54, 1.807) is 0 Å². The lowest BCUT2D eigenvalue weighted by Crippen LogP contribution is -2.24. The zero-order valence-electron chi connectivity index (χ0n) is 14.4. The SMILES string of the molecule is CCCCCCCCc1cc([C@H]2C[C@H](O)[C@@H](CO)O2)nc(C)n1. The molecule has 2 rings (SSSR count). The summed E-state index contributed by atoms with van der Waals surface area (Å²) in [6, 6.07) is 2.00. The van der Waals surface area contributed by atoms with Crippen molar-refractivity contribution in [1.82, 2.24) is 9.97 Å². The highest BCUT2D eigenvalue weighted by Gasteiger charge is 2.35. The Morgan fingerprint density at radius 1 is 1.17 bits per heavy atom. The van der Waals surface area contributed by atoms with Crippen LogP contribution in [0.4, 0.5) is 0 Å². The van der Waals surface area contributed by atoms with Gasteiger partial charge in [-0.15, -0.1) is 0 Å². The van der Waals surface area contributed by atoms with Crippen molar-refractivity contribution in [3.8, 4) is 0 Å². The van der Waals surface area contributed by atoms with Gasteiger partial charge in [0.05, 0.1) is 18.4 Å². The Bertz CT molecular complexity index is 481. The normalized spacial score (nSPS) is 24.3. The molecule has 1 aromatic rings. The Balaban J connectivity index is 1.89. The molecular weight excluding hydrogens is 292 g/mol. The zero-order valence-corrected chi connectivity index (χ0v) is 14.4. The summed E-state index contributed by atoms with van der Waals surface area (Å²) in [5.74, 6) is 0.744. The van der Waals surface area contributed by atoms with Crippen LogP contribution in [-0.2, 0) is 11.2 Å². The Morgan fingerprint density at radius 2 is 1.91 bits per heavy atom. The third kappa shape index (κ3) is 5.52. The summed E-state index contributed by atoms with van der Waals surface area (Å²) in [6.45, 7) is 3.96. The Labute approximate surface area is 139 Å². The first kappa shape index (κ1) is 18.3. The summed E-state index contributed by atoms with van der Waals surface area (Å²) in [4.78, 5) is 8.98. The lowest BCUT2D eigenvalue weighted by Gasteiger charge is -2.13. The van der Waals surface area contributed by atoms with Crippen LogP contribution in [0.25, 0.3) is 0 Å². The van der Waals surface area contributed by atoms with Crippen LogP contribution in [-0.4, -0.2) is 39.0 Å². The number of ether oxygens (including phenoxy) is 1. The van der Waals surface area contributed by atoms with Gasteiger partial charge in [-0.3, -0.25) is 0 Å². The van der Waals surface area contributed by atoms with Crippen molar-refractivity contribution in [2.24, 2.45) is 0 Å². The zero-order chi connectivity index (χ0) is 16.7. The molecule has 0 bridgehead atoms. The summed E-state index contributed by atoms with van der Waals surface area (Å²) in [6.07, 6.45) is 7.67. The highest BCUT2D eigenvalue weighted by molar-refractivity contribution is 5.15. The van der Waals surface area contributed by atoms with E-state index >= 15 is 0 Å². The number of aliphatic hydroxyl groups is 2. The van der Waals surface area contributed by atoms with E-state index in [1.807, 2.05) is 13.0 Å². The van der Waals surface area contributed by atoms with Crippen LogP contribution in [0.3, 0.4) is 0 Å². The van der Waals surface area contributed by atoms with Crippen molar-refractivity contribution in [1.29, 1.82) is 0 Å². The number of hydrogen-bond donors (Lipinski definition) is 2. The Morgan fingerprint density at radius 3 is 2.61 bits per heavy atom. The number of unbranched alkanes of at least 4 members (excludes halogenated alkanes) is 5. The Hall–Kier alpha value is -1.04. The summed E-state index contributed by atoms with van der Waals surface area (Å²) < 4.78 is 5.70. The van der Waals surface area contributed by atoms with Gasteiger partial charge in [-0.2, -0.15) is 0 Å². The number of nitrogens with zero attached hydrogens (tertiary/aromatic N) is 2. The lowest BCUT2D eigenvalue weighted by atomic mass is 10.1. The average Bonchev–Trinajstić information content (AvgIpc) is 2.91. The molecule has 1 aliphatic heterocycles. The van der Waals surface area contributed by atoms with Crippen molar-refractivity contribution in [2.75, 3.05) is 6.61 Å². The number of aliphatic hydroxyl groups excluding tert-OH is 2. The maximum atomic E-state index is 9.88. The van der Waals surface area contributed by atoms with E-state index in [0.717, 1.165) is 30.1 Å². The molecule has 0 saturated carbocycles. The molecule has 23 heavy (non-hydrogen) atoms. The molecular formula is C18H30N2O3. The van der Waals surface area contributed by atoms with Gasteiger partial charge in [0.25, 0.3) is 0 Å². The molecule has 0 aliphatic carbocycles. The maximum Gasteiger partial charge on any atom is 0.125 e. The van der Waals surface area contributed by atoms with Gasteiger partial charge in [0.15, 0.2) is 0 Å². The van der Waals surface area contributed by atoms with Crippen LogP contribution in [0.15, 0.2) is 6.07 Å². The van der Waals surface area contributed by atoms with E-state index < -0.39 is 12.2 Å². The van der Waals surface area contributed by atoms with Gasteiger partial charge < -0.3 is 14.9 Å². The molecule has 1 aromatic heterocycles. The van der Waals surface area contributed by atoms with Crippen LogP contribution < -0.4 is 0 Å². The van der Waals surface area contributed by atoms with E-state index in [4.69, 9.17) is 4.74 Å². The van der Waals surface area contributed by atoms with Crippen molar-refractivity contribution >= 4 is 0 Å². The van der Waals surface area contributed by atoms with E-state index in [1.165, 1.54) is 32.1 Å². The van der Waals surface area contributed by atoms with Crippen molar-refractivity contribution in [3.63, 3.8) is 0 Å². The lowest BCUT2D eigenvalue weighted by molar-refractivity contribution is -0.0236. The highest BCUT2D eigenvalue weighted by Crippen LogP contribution is 2.32. The van der Waals surface area contributed by atoms with E-state index in [0.29, 0.717) is 6.42 Å². The molecule has 1 aliphatic rings. The molecule has 0 unspecified atom stereocenters. The summed E-state index contributed by atoms with van der Waals surface area (Å²) in [7, 11) is 0. The van der Waals surface area contributed by atoms with Crippen molar-refractivity contribution in [3.05, 3.63) is 23.3 Å². The molecule has 0 spiro atoms. The van der Waals surface area contributed by atoms with Crippen molar-refractivity contribution < 1.29 is 14.9 Å². The third-order valence-corrected chi connectivity index (χ3v) is 4.43. The first-order valence-corrected chi connectivity index (χ1v) is 8.93. The second kappa shape index (κ2) is 9.30. The molecule has 0 aromatic carbocycles. The minimum atomic E-state index is -0.623. The predicted molar refractivity (Wildman–Crippen MR) is 89.2 cm³/mol. The molecule has 0 radical (unpaired) electrons. The average molecular weight is 322 g/mol. The van der Waals surface area contributed by atoms with Gasteiger partial charge >= 0.3 is 0 Å². The Kier molecular flexibility index (Phi) is 7.40. The van der Waals surface area contributed by atoms with E-state index in [-0.39, 0.29) is 12.7 Å². The van der Waals surface area contributed by atoms with Crippen molar-refractivity contribution in [2.45, 2.75) is 83.5 Å². The van der Waals surface area contributed by atoms with Gasteiger partial charge in [0, 0.05) is 12.1 Å².